The summed E-state index contributed by atoms with van der Waals surface area (Å²) in [6.07, 6.45) is 97.5. The van der Waals surface area contributed by atoms with Crippen molar-refractivity contribution in [3.63, 3.8) is 0 Å². The molecule has 0 aromatic heterocycles. The molecule has 0 aliphatic carbocycles. The number of carbonyl (C=O) groups excluding carboxylic acids is 3. The molecule has 0 heterocycles. The third-order valence-corrected chi connectivity index (χ3v) is 14.4. The van der Waals surface area contributed by atoms with E-state index in [2.05, 4.69) is 154 Å². The quantitative estimate of drug-likeness (QED) is 0.0261. The van der Waals surface area contributed by atoms with Crippen molar-refractivity contribution in [2.45, 2.75) is 316 Å². The Hall–Kier alpha value is -4.45. The van der Waals surface area contributed by atoms with Gasteiger partial charge in [0.15, 0.2) is 6.10 Å². The van der Waals surface area contributed by atoms with Crippen LogP contribution in [0.15, 0.2) is 134 Å². The van der Waals surface area contributed by atoms with E-state index in [1.165, 1.54) is 128 Å². The van der Waals surface area contributed by atoms with E-state index in [1.807, 2.05) is 0 Å². The van der Waals surface area contributed by atoms with Crippen LogP contribution in [0.3, 0.4) is 0 Å². The number of esters is 3. The fourth-order valence-electron chi connectivity index (χ4n) is 9.25. The molecule has 0 saturated carbocycles. The molecule has 0 bridgehead atoms. The number of hydrogen-bond donors (Lipinski definition) is 0. The minimum absolute atomic E-state index is 0.0919. The summed E-state index contributed by atoms with van der Waals surface area (Å²) in [5.41, 5.74) is 0. The largest absolute Gasteiger partial charge is 0.462 e. The second-order valence-corrected chi connectivity index (χ2v) is 22.3. The molecule has 0 fully saturated rings. The Morgan fingerprint density at radius 3 is 0.768 bits per heavy atom. The van der Waals surface area contributed by atoms with Gasteiger partial charge in [0.2, 0.25) is 0 Å². The third kappa shape index (κ3) is 66.4. The Kier molecular flexibility index (Phi) is 65.3. The lowest BCUT2D eigenvalue weighted by atomic mass is 10.1. The number of allylic oxidation sites excluding steroid dienone is 22. The summed E-state index contributed by atoms with van der Waals surface area (Å²) >= 11 is 0. The topological polar surface area (TPSA) is 78.9 Å². The van der Waals surface area contributed by atoms with Crippen LogP contribution in [0.1, 0.15) is 310 Å². The number of ether oxygens (including phenoxy) is 3. The first-order valence-electron chi connectivity index (χ1n) is 34.2. The molecule has 0 amide bonds. The van der Waals surface area contributed by atoms with Crippen molar-refractivity contribution in [2.75, 3.05) is 13.2 Å². The number of carbonyl (C=O) groups is 3. The van der Waals surface area contributed by atoms with Gasteiger partial charge in [-0.25, -0.2) is 0 Å². The molecule has 6 heteroatoms. The zero-order valence-corrected chi connectivity index (χ0v) is 53.5. The Morgan fingerprint density at radius 1 is 0.256 bits per heavy atom. The summed E-state index contributed by atoms with van der Waals surface area (Å²) in [5.74, 6) is -0.919. The highest BCUT2D eigenvalue weighted by Gasteiger charge is 2.19. The Balaban J connectivity index is 4.34. The lowest BCUT2D eigenvalue weighted by Crippen LogP contribution is -2.30. The van der Waals surface area contributed by atoms with E-state index in [0.717, 1.165) is 141 Å². The first kappa shape index (κ1) is 77.5. The Bertz CT molecular complexity index is 1730. The van der Waals surface area contributed by atoms with Crippen LogP contribution in [-0.4, -0.2) is 37.2 Å². The van der Waals surface area contributed by atoms with Gasteiger partial charge in [0, 0.05) is 19.3 Å². The molecule has 0 spiro atoms. The molecule has 1 unspecified atom stereocenters. The van der Waals surface area contributed by atoms with Crippen molar-refractivity contribution in [1.82, 2.24) is 0 Å². The van der Waals surface area contributed by atoms with Crippen LogP contribution in [-0.2, 0) is 28.6 Å². The molecular formula is C76H126O6. The van der Waals surface area contributed by atoms with Crippen LogP contribution in [0.5, 0.6) is 0 Å². The number of unbranched alkanes of at least 4 members (excludes halogenated alkanes) is 28. The second kappa shape index (κ2) is 69.0. The molecule has 0 rings (SSSR count). The SMILES string of the molecule is CC/C=C\C/C=C\C/C=C\C/C=C\C/C=C\C/C=C\C/C=C\C/C=C\C/C=C\CCCCCCCC(=O)OCC(COC(=O)CCCCCCC/C=C\CCCCCC)OC(=O)CCCCCCCCC/C=C\CCCCCCCCC. The smallest absolute Gasteiger partial charge is 0.306 e. The summed E-state index contributed by atoms with van der Waals surface area (Å²) < 4.78 is 16.9. The average Bonchev–Trinajstić information content (AvgIpc) is 3.47. The van der Waals surface area contributed by atoms with Crippen molar-refractivity contribution in [3.8, 4) is 0 Å². The maximum absolute atomic E-state index is 12.9. The second-order valence-electron chi connectivity index (χ2n) is 22.3. The van der Waals surface area contributed by atoms with Crippen LogP contribution >= 0.6 is 0 Å². The van der Waals surface area contributed by atoms with Gasteiger partial charge in [-0.2, -0.15) is 0 Å². The first-order chi connectivity index (χ1) is 40.5. The molecule has 82 heavy (non-hydrogen) atoms. The van der Waals surface area contributed by atoms with Gasteiger partial charge in [-0.1, -0.05) is 283 Å². The van der Waals surface area contributed by atoms with Crippen LogP contribution in [0, 0.1) is 0 Å². The monoisotopic (exact) mass is 1130 g/mol. The van der Waals surface area contributed by atoms with Gasteiger partial charge in [0.05, 0.1) is 0 Å². The van der Waals surface area contributed by atoms with Gasteiger partial charge >= 0.3 is 17.9 Å². The number of rotatable bonds is 61. The molecule has 0 aromatic carbocycles. The van der Waals surface area contributed by atoms with E-state index in [0.29, 0.717) is 19.3 Å². The normalized spacial score (nSPS) is 13.0. The molecule has 0 saturated heterocycles. The van der Waals surface area contributed by atoms with E-state index in [1.54, 1.807) is 0 Å². The van der Waals surface area contributed by atoms with Crippen LogP contribution < -0.4 is 0 Å². The maximum Gasteiger partial charge on any atom is 0.306 e. The molecule has 0 aliphatic heterocycles. The summed E-state index contributed by atoms with van der Waals surface area (Å²) in [4.78, 5) is 38.3. The highest BCUT2D eigenvalue weighted by Crippen LogP contribution is 2.15. The molecule has 0 N–H and O–H groups in total. The van der Waals surface area contributed by atoms with Gasteiger partial charge in [-0.05, 0) is 141 Å². The van der Waals surface area contributed by atoms with Gasteiger partial charge in [0.1, 0.15) is 13.2 Å². The minimum Gasteiger partial charge on any atom is -0.462 e. The van der Waals surface area contributed by atoms with Gasteiger partial charge in [-0.3, -0.25) is 14.4 Å². The van der Waals surface area contributed by atoms with Crippen LogP contribution in [0.2, 0.25) is 0 Å². The molecule has 1 atom stereocenters. The molecular weight excluding hydrogens is 1010 g/mol. The van der Waals surface area contributed by atoms with Crippen molar-refractivity contribution >= 4 is 17.9 Å². The Morgan fingerprint density at radius 2 is 0.476 bits per heavy atom. The lowest BCUT2D eigenvalue weighted by molar-refractivity contribution is -0.167. The zero-order chi connectivity index (χ0) is 59.2. The maximum atomic E-state index is 12.9. The predicted molar refractivity (Wildman–Crippen MR) is 357 cm³/mol. The Labute approximate surface area is 506 Å². The predicted octanol–water partition coefficient (Wildman–Crippen LogP) is 23.7. The standard InChI is InChI=1S/C76H126O6/c1-4-7-10-13-16-19-22-25-27-29-31-32-33-34-35-36-37-38-39-40-41-42-43-44-45-47-48-51-54-57-60-63-66-69-75(78)81-72-73(71-80-74(77)68-65-62-59-56-53-50-24-21-18-15-12-9-6-3)82-76(79)70-67-64-61-58-55-52-49-46-30-28-26-23-20-17-14-11-8-5-2/h7,10,16,19,21,24-25,27-28,30-32,34-35,37-38,40-41,43-44,47-48,73H,4-6,8-9,11-15,17-18,20,22-23,26,29,33,36,39,42,45-46,49-72H2,1-3H3/b10-7-,19-16-,24-21-,27-25-,30-28-,32-31-,35-34-,38-37-,41-40-,44-43-,48-47-. The highest BCUT2D eigenvalue weighted by molar-refractivity contribution is 5.71. The fourth-order valence-corrected chi connectivity index (χ4v) is 9.25. The molecule has 0 aliphatic rings. The van der Waals surface area contributed by atoms with E-state index in [4.69, 9.17) is 14.2 Å². The van der Waals surface area contributed by atoms with Crippen molar-refractivity contribution in [1.29, 1.82) is 0 Å². The third-order valence-electron chi connectivity index (χ3n) is 14.4. The summed E-state index contributed by atoms with van der Waals surface area (Å²) in [6.45, 7) is 6.50. The minimum atomic E-state index is -0.797. The molecule has 466 valence electrons. The van der Waals surface area contributed by atoms with E-state index in [9.17, 15) is 14.4 Å². The lowest BCUT2D eigenvalue weighted by Gasteiger charge is -2.18. The van der Waals surface area contributed by atoms with Crippen molar-refractivity contribution in [2.24, 2.45) is 0 Å². The van der Waals surface area contributed by atoms with E-state index in [-0.39, 0.29) is 31.1 Å². The van der Waals surface area contributed by atoms with E-state index < -0.39 is 6.10 Å². The molecule has 0 radical (unpaired) electrons. The van der Waals surface area contributed by atoms with Gasteiger partial charge in [0.25, 0.3) is 0 Å². The van der Waals surface area contributed by atoms with Crippen LogP contribution in [0.4, 0.5) is 0 Å². The van der Waals surface area contributed by atoms with Crippen molar-refractivity contribution in [3.05, 3.63) is 134 Å². The molecule has 6 nitrogen and oxygen atoms in total. The van der Waals surface area contributed by atoms with Gasteiger partial charge < -0.3 is 14.2 Å². The van der Waals surface area contributed by atoms with Crippen molar-refractivity contribution < 1.29 is 28.6 Å². The summed E-state index contributed by atoms with van der Waals surface area (Å²) in [5, 5.41) is 0. The number of hydrogen-bond acceptors (Lipinski definition) is 6. The van der Waals surface area contributed by atoms with E-state index >= 15 is 0 Å². The molecule has 0 aromatic rings. The summed E-state index contributed by atoms with van der Waals surface area (Å²) in [7, 11) is 0. The highest BCUT2D eigenvalue weighted by atomic mass is 16.6. The van der Waals surface area contributed by atoms with Gasteiger partial charge in [-0.15, -0.1) is 0 Å². The van der Waals surface area contributed by atoms with Crippen LogP contribution in [0.25, 0.3) is 0 Å². The fraction of sp³-hybridized carbons (Fsp3) is 0.671. The zero-order valence-electron chi connectivity index (χ0n) is 53.5. The summed E-state index contributed by atoms with van der Waals surface area (Å²) in [6, 6.07) is 0. The first-order valence-corrected chi connectivity index (χ1v) is 34.2. The average molecular weight is 1140 g/mol.